The highest BCUT2D eigenvalue weighted by atomic mass is 32.1. The minimum atomic E-state index is -0.470. The molecule has 1 aromatic heterocycles. The second-order valence-electron chi connectivity index (χ2n) is 7.23. The first-order valence-corrected chi connectivity index (χ1v) is 10.6. The number of benzene rings is 2. The monoisotopic (exact) mass is 419 g/mol. The minimum absolute atomic E-state index is 0.110. The normalized spacial score (nSPS) is 11.9. The van der Waals surface area contributed by atoms with Gasteiger partial charge in [0.1, 0.15) is 4.88 Å². The first-order valence-electron chi connectivity index (χ1n) is 9.76. The largest absolute Gasteiger partial charge is 0.453 e. The average Bonchev–Trinajstić information content (AvgIpc) is 3.21. The number of aryl methyl sites for hydroxylation is 2. The molecule has 152 valence electrons. The molecule has 5 nitrogen and oxygen atoms in total. The molecule has 4 rings (SSSR count). The van der Waals surface area contributed by atoms with Crippen molar-refractivity contribution < 1.29 is 19.1 Å². The summed E-state index contributed by atoms with van der Waals surface area (Å²) in [6, 6.07) is 17.0. The number of nitrogens with one attached hydrogen (secondary N) is 1. The standard InChI is InChI=1S/C24H21NO4S/c1-15(26)25-13-16-6-8-18(9-7-16)21(27)14-29-24(28)22-12-19-11-10-17-4-2-3-5-20(17)23(19)30-22/h2-9,12H,10-11,13-14H2,1H3,(H,25,26). The summed E-state index contributed by atoms with van der Waals surface area (Å²) in [5, 5.41) is 2.70. The van der Waals surface area contributed by atoms with Crippen molar-refractivity contribution in [3.8, 4) is 10.4 Å². The molecule has 0 saturated heterocycles. The van der Waals surface area contributed by atoms with Gasteiger partial charge in [0, 0.05) is 23.9 Å². The maximum atomic E-state index is 12.5. The fraction of sp³-hybridized carbons (Fsp3) is 0.208. The van der Waals surface area contributed by atoms with Crippen LogP contribution in [0.2, 0.25) is 0 Å². The summed E-state index contributed by atoms with van der Waals surface area (Å²) in [4.78, 5) is 37.5. The Morgan fingerprint density at radius 2 is 1.73 bits per heavy atom. The predicted octanol–water partition coefficient (Wildman–Crippen LogP) is 4.19. The number of amides is 1. The summed E-state index contributed by atoms with van der Waals surface area (Å²) in [5.41, 5.74) is 4.99. The van der Waals surface area contributed by atoms with Crippen molar-refractivity contribution >= 4 is 29.0 Å². The molecule has 1 aliphatic carbocycles. The molecule has 0 radical (unpaired) electrons. The van der Waals surface area contributed by atoms with Gasteiger partial charge in [-0.25, -0.2) is 4.79 Å². The fourth-order valence-electron chi connectivity index (χ4n) is 3.49. The molecule has 1 N–H and O–H groups in total. The molecule has 30 heavy (non-hydrogen) atoms. The number of carbonyl (C=O) groups excluding carboxylic acids is 3. The van der Waals surface area contributed by atoms with E-state index in [9.17, 15) is 14.4 Å². The quantitative estimate of drug-likeness (QED) is 0.480. The lowest BCUT2D eigenvalue weighted by atomic mass is 9.91. The van der Waals surface area contributed by atoms with E-state index in [1.807, 2.05) is 18.2 Å². The van der Waals surface area contributed by atoms with Gasteiger partial charge in [-0.3, -0.25) is 9.59 Å². The van der Waals surface area contributed by atoms with Crippen LogP contribution >= 0.6 is 11.3 Å². The molecule has 1 amide bonds. The van der Waals surface area contributed by atoms with Gasteiger partial charge in [-0.05, 0) is 41.2 Å². The summed E-state index contributed by atoms with van der Waals surface area (Å²) >= 11 is 1.42. The third kappa shape index (κ3) is 4.33. The summed E-state index contributed by atoms with van der Waals surface area (Å²) in [6.07, 6.45) is 1.87. The average molecular weight is 420 g/mol. The van der Waals surface area contributed by atoms with E-state index < -0.39 is 5.97 Å². The van der Waals surface area contributed by atoms with Crippen LogP contribution in [0.5, 0.6) is 0 Å². The lowest BCUT2D eigenvalue weighted by Gasteiger charge is -2.15. The van der Waals surface area contributed by atoms with Crippen molar-refractivity contribution in [3.05, 3.63) is 81.7 Å². The molecule has 0 aliphatic heterocycles. The highest BCUT2D eigenvalue weighted by Crippen LogP contribution is 2.39. The van der Waals surface area contributed by atoms with Gasteiger partial charge in [0.15, 0.2) is 12.4 Å². The van der Waals surface area contributed by atoms with E-state index in [2.05, 4.69) is 17.4 Å². The molecule has 6 heteroatoms. The van der Waals surface area contributed by atoms with Crippen molar-refractivity contribution in [3.63, 3.8) is 0 Å². The number of rotatable bonds is 6. The van der Waals surface area contributed by atoms with Gasteiger partial charge in [0.25, 0.3) is 0 Å². The van der Waals surface area contributed by atoms with Crippen molar-refractivity contribution in [2.75, 3.05) is 6.61 Å². The van der Waals surface area contributed by atoms with Crippen LogP contribution in [-0.2, 0) is 28.9 Å². The molecule has 2 aromatic carbocycles. The lowest BCUT2D eigenvalue weighted by Crippen LogP contribution is -2.19. The van der Waals surface area contributed by atoms with Crippen LogP contribution < -0.4 is 5.32 Å². The zero-order valence-electron chi connectivity index (χ0n) is 16.6. The van der Waals surface area contributed by atoms with Crippen LogP contribution in [0.1, 0.15) is 43.6 Å². The lowest BCUT2D eigenvalue weighted by molar-refractivity contribution is -0.119. The zero-order chi connectivity index (χ0) is 21.1. The second kappa shape index (κ2) is 8.63. The molecule has 1 heterocycles. The van der Waals surface area contributed by atoms with Crippen LogP contribution in [0.3, 0.4) is 0 Å². The van der Waals surface area contributed by atoms with Crippen LogP contribution in [0.15, 0.2) is 54.6 Å². The van der Waals surface area contributed by atoms with E-state index in [4.69, 9.17) is 4.74 Å². The van der Waals surface area contributed by atoms with E-state index >= 15 is 0 Å². The van der Waals surface area contributed by atoms with Crippen molar-refractivity contribution in [2.45, 2.75) is 26.3 Å². The SMILES string of the molecule is CC(=O)NCc1ccc(C(=O)COC(=O)c2cc3c(s2)-c2ccccc2CC3)cc1. The Bertz CT molecular complexity index is 1110. The van der Waals surface area contributed by atoms with E-state index in [1.165, 1.54) is 29.4 Å². The van der Waals surface area contributed by atoms with Crippen molar-refractivity contribution in [1.29, 1.82) is 0 Å². The van der Waals surface area contributed by atoms with Gasteiger partial charge >= 0.3 is 5.97 Å². The molecule has 0 unspecified atom stereocenters. The Balaban J connectivity index is 1.38. The smallest absolute Gasteiger partial charge is 0.348 e. The van der Waals surface area contributed by atoms with Crippen molar-refractivity contribution in [1.82, 2.24) is 5.32 Å². The number of Topliss-reactive ketones (excluding diaryl/α,β-unsaturated/α-hetero) is 1. The maximum absolute atomic E-state index is 12.5. The zero-order valence-corrected chi connectivity index (χ0v) is 17.4. The van der Waals surface area contributed by atoms with Crippen LogP contribution in [0.25, 0.3) is 10.4 Å². The summed E-state index contributed by atoms with van der Waals surface area (Å²) < 4.78 is 5.28. The number of carbonyl (C=O) groups is 3. The third-order valence-electron chi connectivity index (χ3n) is 5.09. The van der Waals surface area contributed by atoms with Crippen molar-refractivity contribution in [2.24, 2.45) is 0 Å². The number of hydrogen-bond donors (Lipinski definition) is 1. The molecule has 0 spiro atoms. The van der Waals surface area contributed by atoms with Gasteiger partial charge in [-0.1, -0.05) is 48.5 Å². The van der Waals surface area contributed by atoms with E-state index in [1.54, 1.807) is 24.3 Å². The second-order valence-corrected chi connectivity index (χ2v) is 8.28. The fourth-order valence-corrected chi connectivity index (χ4v) is 4.66. The number of fused-ring (bicyclic) bond motifs is 3. The number of ketones is 1. The van der Waals surface area contributed by atoms with Crippen LogP contribution in [0.4, 0.5) is 0 Å². The third-order valence-corrected chi connectivity index (χ3v) is 6.28. The summed E-state index contributed by atoms with van der Waals surface area (Å²) in [5.74, 6) is -0.843. The Hall–Kier alpha value is -3.25. The molecular weight excluding hydrogens is 398 g/mol. The topological polar surface area (TPSA) is 72.5 Å². The van der Waals surface area contributed by atoms with Crippen LogP contribution in [0, 0.1) is 0 Å². The first kappa shape index (κ1) is 20.0. The number of hydrogen-bond acceptors (Lipinski definition) is 5. The van der Waals surface area contributed by atoms with Gasteiger partial charge in [-0.15, -0.1) is 11.3 Å². The molecular formula is C24H21NO4S. The highest BCUT2D eigenvalue weighted by Gasteiger charge is 2.22. The van der Waals surface area contributed by atoms with Gasteiger partial charge in [-0.2, -0.15) is 0 Å². The summed E-state index contributed by atoms with van der Waals surface area (Å²) in [6.45, 7) is 1.56. The van der Waals surface area contributed by atoms with E-state index in [-0.39, 0.29) is 18.3 Å². The number of esters is 1. The maximum Gasteiger partial charge on any atom is 0.348 e. The Labute approximate surface area is 178 Å². The first-order chi connectivity index (χ1) is 14.5. The van der Waals surface area contributed by atoms with Gasteiger partial charge in [0.2, 0.25) is 5.91 Å². The molecule has 3 aromatic rings. The molecule has 1 aliphatic rings. The van der Waals surface area contributed by atoms with E-state index in [0.717, 1.165) is 28.8 Å². The predicted molar refractivity (Wildman–Crippen MR) is 116 cm³/mol. The molecule has 0 atom stereocenters. The van der Waals surface area contributed by atoms with E-state index in [0.29, 0.717) is 17.0 Å². The Morgan fingerprint density at radius 3 is 2.50 bits per heavy atom. The van der Waals surface area contributed by atoms with Crippen LogP contribution in [-0.4, -0.2) is 24.3 Å². The molecule has 0 fully saturated rings. The van der Waals surface area contributed by atoms with Gasteiger partial charge < -0.3 is 10.1 Å². The Morgan fingerprint density at radius 1 is 1.00 bits per heavy atom. The minimum Gasteiger partial charge on any atom is -0.453 e. The molecule has 0 saturated carbocycles. The number of thiophene rings is 1. The summed E-state index contributed by atoms with van der Waals surface area (Å²) in [7, 11) is 0. The highest BCUT2D eigenvalue weighted by molar-refractivity contribution is 7.17. The Kier molecular flexibility index (Phi) is 5.77. The number of ether oxygens (including phenoxy) is 1. The van der Waals surface area contributed by atoms with Gasteiger partial charge in [0.05, 0.1) is 0 Å². The molecule has 0 bridgehead atoms.